The van der Waals surface area contributed by atoms with E-state index >= 15 is 0 Å². The number of hydrogen-bond acceptors (Lipinski definition) is 3. The van der Waals surface area contributed by atoms with Gasteiger partial charge in [-0.1, -0.05) is 15.9 Å². The molecule has 0 saturated carbocycles. The molecule has 0 aromatic heterocycles. The molecule has 0 heterocycles. The molecule has 0 bridgehead atoms. The summed E-state index contributed by atoms with van der Waals surface area (Å²) in [6, 6.07) is 4.05. The van der Waals surface area contributed by atoms with Crippen molar-refractivity contribution >= 4 is 33.4 Å². The van der Waals surface area contributed by atoms with Gasteiger partial charge in [0.25, 0.3) is 0 Å². The van der Waals surface area contributed by atoms with Gasteiger partial charge >= 0.3 is 5.97 Å². The van der Waals surface area contributed by atoms with Crippen LogP contribution in [0.4, 0.5) is 5.69 Å². The summed E-state index contributed by atoms with van der Waals surface area (Å²) in [5.74, 6) is -1.23. The second-order valence-electron chi connectivity index (χ2n) is 2.66. The van der Waals surface area contributed by atoms with E-state index in [0.29, 0.717) is 5.56 Å². The van der Waals surface area contributed by atoms with E-state index in [0.717, 1.165) is 0 Å². The first-order valence-corrected chi connectivity index (χ1v) is 4.90. The van der Waals surface area contributed by atoms with Gasteiger partial charge in [0.15, 0.2) is 5.78 Å². The Morgan fingerprint density at radius 1 is 1.43 bits per heavy atom. The summed E-state index contributed by atoms with van der Waals surface area (Å²) in [7, 11) is 0. The molecule has 5 heteroatoms. The van der Waals surface area contributed by atoms with E-state index in [4.69, 9.17) is 10.8 Å². The minimum Gasteiger partial charge on any atom is -0.478 e. The molecular weight excluding hydrogens is 250 g/mol. The van der Waals surface area contributed by atoms with Crippen LogP contribution in [-0.2, 0) is 0 Å². The molecule has 74 valence electrons. The molecule has 0 aliphatic rings. The first kappa shape index (κ1) is 10.7. The number of nitrogen functional groups attached to an aromatic ring is 1. The molecule has 3 N–H and O–H groups in total. The molecule has 0 amide bonds. The van der Waals surface area contributed by atoms with Crippen molar-refractivity contribution in [3.8, 4) is 0 Å². The van der Waals surface area contributed by atoms with Gasteiger partial charge in [0, 0.05) is 11.3 Å². The number of ketones is 1. The topological polar surface area (TPSA) is 80.4 Å². The quantitative estimate of drug-likeness (QED) is 0.489. The number of halogens is 1. The van der Waals surface area contributed by atoms with E-state index in [1.165, 1.54) is 18.2 Å². The van der Waals surface area contributed by atoms with E-state index in [9.17, 15) is 9.59 Å². The number of carboxylic acid groups (broad SMARTS) is 1. The van der Waals surface area contributed by atoms with E-state index in [-0.39, 0.29) is 22.4 Å². The molecule has 14 heavy (non-hydrogen) atoms. The maximum Gasteiger partial charge on any atom is 0.335 e. The third kappa shape index (κ3) is 2.11. The summed E-state index contributed by atoms with van der Waals surface area (Å²) in [6.45, 7) is 0. The molecule has 1 aromatic carbocycles. The van der Waals surface area contributed by atoms with Crippen LogP contribution < -0.4 is 5.73 Å². The average molecular weight is 258 g/mol. The maximum absolute atomic E-state index is 11.2. The molecule has 0 aliphatic heterocycles. The highest BCUT2D eigenvalue weighted by atomic mass is 79.9. The Kier molecular flexibility index (Phi) is 3.24. The number of carbonyl (C=O) groups is 2. The van der Waals surface area contributed by atoms with Crippen molar-refractivity contribution in [1.82, 2.24) is 0 Å². The van der Waals surface area contributed by atoms with Gasteiger partial charge in [-0.2, -0.15) is 0 Å². The Bertz CT molecular complexity index is 390. The summed E-state index contributed by atoms with van der Waals surface area (Å²) in [4.78, 5) is 21.8. The number of rotatable bonds is 3. The second-order valence-corrected chi connectivity index (χ2v) is 3.22. The van der Waals surface area contributed by atoms with Crippen LogP contribution in [0.15, 0.2) is 18.2 Å². The SMILES string of the molecule is Nc1cc(C(=O)O)ccc1C(=O)CBr. The molecule has 0 atom stereocenters. The third-order valence-electron chi connectivity index (χ3n) is 1.72. The molecule has 0 radical (unpaired) electrons. The maximum atomic E-state index is 11.2. The lowest BCUT2D eigenvalue weighted by molar-refractivity contribution is 0.0696. The molecule has 1 aromatic rings. The predicted octanol–water partition coefficient (Wildman–Crippen LogP) is 1.54. The van der Waals surface area contributed by atoms with Gasteiger partial charge in [0.05, 0.1) is 10.9 Å². The molecule has 0 spiro atoms. The number of hydrogen-bond donors (Lipinski definition) is 2. The predicted molar refractivity (Wildman–Crippen MR) is 55.9 cm³/mol. The zero-order valence-corrected chi connectivity index (χ0v) is 8.74. The molecule has 0 saturated heterocycles. The van der Waals surface area contributed by atoms with Crippen LogP contribution in [0.3, 0.4) is 0 Å². The summed E-state index contributed by atoms with van der Waals surface area (Å²) in [5, 5.41) is 8.82. The highest BCUT2D eigenvalue weighted by Gasteiger charge is 2.10. The molecule has 1 rings (SSSR count). The normalized spacial score (nSPS) is 9.79. The lowest BCUT2D eigenvalue weighted by Gasteiger charge is -2.03. The minimum absolute atomic E-state index is 0.0774. The van der Waals surface area contributed by atoms with Crippen LogP contribution >= 0.6 is 15.9 Å². The molecule has 0 unspecified atom stereocenters. The van der Waals surface area contributed by atoms with Gasteiger partial charge in [0.2, 0.25) is 0 Å². The van der Waals surface area contributed by atoms with Crippen molar-refractivity contribution in [2.24, 2.45) is 0 Å². The number of aromatic carboxylic acids is 1. The highest BCUT2D eigenvalue weighted by Crippen LogP contribution is 2.15. The number of carboxylic acids is 1. The fraction of sp³-hybridized carbons (Fsp3) is 0.111. The highest BCUT2D eigenvalue weighted by molar-refractivity contribution is 9.09. The summed E-state index contributed by atoms with van der Waals surface area (Å²) in [5.41, 5.74) is 6.14. The Morgan fingerprint density at radius 3 is 2.50 bits per heavy atom. The Hall–Kier alpha value is -1.36. The Balaban J connectivity index is 3.14. The number of anilines is 1. The van der Waals surface area contributed by atoms with Crippen LogP contribution in [-0.4, -0.2) is 22.2 Å². The smallest absolute Gasteiger partial charge is 0.335 e. The van der Waals surface area contributed by atoms with Gasteiger partial charge < -0.3 is 10.8 Å². The standard InChI is InChI=1S/C9H8BrNO3/c10-4-8(12)6-2-1-5(9(13)14)3-7(6)11/h1-3H,4,11H2,(H,13,14). The van der Waals surface area contributed by atoms with Gasteiger partial charge in [0.1, 0.15) is 0 Å². The molecule has 0 aliphatic carbocycles. The van der Waals surface area contributed by atoms with Crippen molar-refractivity contribution in [3.05, 3.63) is 29.3 Å². The molecule has 4 nitrogen and oxygen atoms in total. The van der Waals surface area contributed by atoms with Crippen molar-refractivity contribution in [2.45, 2.75) is 0 Å². The lowest BCUT2D eigenvalue weighted by Crippen LogP contribution is -2.06. The van der Waals surface area contributed by atoms with Crippen molar-refractivity contribution in [1.29, 1.82) is 0 Å². The monoisotopic (exact) mass is 257 g/mol. The first-order valence-electron chi connectivity index (χ1n) is 3.78. The van der Waals surface area contributed by atoms with E-state index in [1.807, 2.05) is 0 Å². The van der Waals surface area contributed by atoms with Crippen LogP contribution in [0.5, 0.6) is 0 Å². The molecular formula is C9H8BrNO3. The zero-order chi connectivity index (χ0) is 10.7. The zero-order valence-electron chi connectivity index (χ0n) is 7.16. The summed E-state index contributed by atoms with van der Waals surface area (Å²) in [6.07, 6.45) is 0. The summed E-state index contributed by atoms with van der Waals surface area (Å²) >= 11 is 3.01. The second kappa shape index (κ2) is 4.23. The number of carbonyl (C=O) groups excluding carboxylic acids is 1. The number of benzene rings is 1. The number of nitrogens with two attached hydrogens (primary N) is 1. The fourth-order valence-electron chi connectivity index (χ4n) is 1.02. The van der Waals surface area contributed by atoms with Crippen LogP contribution in [0.25, 0.3) is 0 Å². The average Bonchev–Trinajstić information content (AvgIpc) is 2.16. The van der Waals surface area contributed by atoms with Gasteiger partial charge in [-0.3, -0.25) is 4.79 Å². The Labute approximate surface area is 88.9 Å². The number of alkyl halides is 1. The van der Waals surface area contributed by atoms with Crippen molar-refractivity contribution < 1.29 is 14.7 Å². The van der Waals surface area contributed by atoms with Crippen LogP contribution in [0, 0.1) is 0 Å². The van der Waals surface area contributed by atoms with E-state index < -0.39 is 5.97 Å². The minimum atomic E-state index is -1.06. The van der Waals surface area contributed by atoms with Crippen LogP contribution in [0.2, 0.25) is 0 Å². The lowest BCUT2D eigenvalue weighted by atomic mass is 10.1. The van der Waals surface area contributed by atoms with E-state index in [1.54, 1.807) is 0 Å². The van der Waals surface area contributed by atoms with Gasteiger partial charge in [-0.15, -0.1) is 0 Å². The largest absolute Gasteiger partial charge is 0.478 e. The van der Waals surface area contributed by atoms with E-state index in [2.05, 4.69) is 15.9 Å². The van der Waals surface area contributed by atoms with Crippen LogP contribution in [0.1, 0.15) is 20.7 Å². The van der Waals surface area contributed by atoms with Crippen molar-refractivity contribution in [3.63, 3.8) is 0 Å². The molecule has 0 fully saturated rings. The fourth-order valence-corrected chi connectivity index (χ4v) is 1.32. The first-order chi connectivity index (χ1) is 6.56. The van der Waals surface area contributed by atoms with Gasteiger partial charge in [-0.05, 0) is 18.2 Å². The summed E-state index contributed by atoms with van der Waals surface area (Å²) < 4.78 is 0. The van der Waals surface area contributed by atoms with Crippen molar-refractivity contribution in [2.75, 3.05) is 11.1 Å². The van der Waals surface area contributed by atoms with Gasteiger partial charge in [-0.25, -0.2) is 4.79 Å². The third-order valence-corrected chi connectivity index (χ3v) is 2.23. The number of Topliss-reactive ketones (excluding diaryl/α,β-unsaturated/α-hetero) is 1. The Morgan fingerprint density at radius 2 is 2.07 bits per heavy atom.